The summed E-state index contributed by atoms with van der Waals surface area (Å²) in [5.74, 6) is -2.20. The molecule has 0 spiro atoms. The van der Waals surface area contributed by atoms with Gasteiger partial charge in [-0.2, -0.15) is 0 Å². The molecule has 5 atom stereocenters. The Kier molecular flexibility index (Phi) is 77.6. The molecule has 19 heteroatoms. The van der Waals surface area contributed by atoms with Gasteiger partial charge in [-0.15, -0.1) is 0 Å². The quantitative estimate of drug-likeness (QED) is 0.0169. The van der Waals surface area contributed by atoms with E-state index in [2.05, 4.69) is 137 Å². The zero-order valence-corrected chi connectivity index (χ0v) is 70.3. The minimum absolute atomic E-state index is 0.0719. The van der Waals surface area contributed by atoms with E-state index >= 15 is 0 Å². The van der Waals surface area contributed by atoms with Gasteiger partial charge in [0.2, 0.25) is 0 Å². The summed E-state index contributed by atoms with van der Waals surface area (Å²) in [6.07, 6.45) is 89.0. The lowest BCUT2D eigenvalue weighted by atomic mass is 10.0. The summed E-state index contributed by atoms with van der Waals surface area (Å²) in [6, 6.07) is 0. The molecule has 624 valence electrons. The topological polar surface area (TPSA) is 237 Å². The summed E-state index contributed by atoms with van der Waals surface area (Å²) in [4.78, 5) is 73.3. The van der Waals surface area contributed by atoms with Crippen LogP contribution in [0.25, 0.3) is 0 Å². The lowest BCUT2D eigenvalue weighted by Gasteiger charge is -2.21. The maximum atomic E-state index is 13.1. The molecule has 17 nitrogen and oxygen atoms in total. The molecule has 0 bridgehead atoms. The zero-order valence-electron chi connectivity index (χ0n) is 68.5. The number of phosphoric ester groups is 2. The fraction of sp³-hybridized carbons (Fsp3) is 0.753. The number of carbonyl (C=O) groups excluding carboxylic acids is 4. The van der Waals surface area contributed by atoms with Crippen molar-refractivity contribution in [3.8, 4) is 0 Å². The monoisotopic (exact) mass is 1560 g/mol. The third-order valence-corrected chi connectivity index (χ3v) is 20.1. The summed E-state index contributed by atoms with van der Waals surface area (Å²) in [7, 11) is -9.97. The number of esters is 4. The number of carbonyl (C=O) groups is 4. The van der Waals surface area contributed by atoms with E-state index in [9.17, 15) is 43.2 Å². The van der Waals surface area contributed by atoms with Crippen LogP contribution in [0.4, 0.5) is 0 Å². The molecule has 0 rings (SSSR count). The molecule has 0 saturated carbocycles. The maximum absolute atomic E-state index is 13.1. The van der Waals surface area contributed by atoms with E-state index in [-0.39, 0.29) is 25.7 Å². The van der Waals surface area contributed by atoms with Crippen molar-refractivity contribution in [1.82, 2.24) is 0 Å². The molecule has 0 radical (unpaired) electrons. The predicted octanol–water partition coefficient (Wildman–Crippen LogP) is 25.7. The molecule has 0 aliphatic carbocycles. The second-order valence-corrected chi connectivity index (χ2v) is 31.7. The van der Waals surface area contributed by atoms with Crippen LogP contribution in [0.3, 0.4) is 0 Å². The molecule has 5 unspecified atom stereocenters. The number of phosphoric acid groups is 2. The minimum atomic E-state index is -4.99. The van der Waals surface area contributed by atoms with Gasteiger partial charge in [-0.05, 0) is 135 Å². The minimum Gasteiger partial charge on any atom is -0.462 e. The second kappa shape index (κ2) is 80.8. The number of allylic oxidation sites excluding steroid dienone is 18. The first-order valence-corrected chi connectivity index (χ1v) is 46.1. The van der Waals surface area contributed by atoms with Crippen molar-refractivity contribution in [2.24, 2.45) is 0 Å². The maximum Gasteiger partial charge on any atom is 0.472 e. The zero-order chi connectivity index (χ0) is 78.9. The molecule has 0 amide bonds. The Balaban J connectivity index is 5.37. The van der Waals surface area contributed by atoms with Crippen molar-refractivity contribution >= 4 is 39.5 Å². The van der Waals surface area contributed by atoms with Crippen molar-refractivity contribution in [3.63, 3.8) is 0 Å². The molecule has 0 aromatic heterocycles. The van der Waals surface area contributed by atoms with Crippen molar-refractivity contribution in [2.45, 2.75) is 393 Å². The number of unbranched alkanes of at least 4 members (excludes halogenated alkanes) is 37. The number of aliphatic hydroxyl groups is 1. The van der Waals surface area contributed by atoms with Gasteiger partial charge in [0.15, 0.2) is 12.2 Å². The SMILES string of the molecule is CC/C=C\C/C=C\C/C=C\CCCCCCCC(=O)OC(COC(=O)CCCCCCCC/C=C\C/C=C\C/C=C\CCCCC)COP(=O)(O)OCC(O)COP(=O)(O)OCC(COC(=O)CCCCCCCC/C=C\C/C=C\C/C=C\CCCCC)OC(=O)CCCCCCCCCCCCCCCCC. The van der Waals surface area contributed by atoms with Crippen molar-refractivity contribution in [1.29, 1.82) is 0 Å². The molecule has 0 aliphatic heterocycles. The van der Waals surface area contributed by atoms with Crippen LogP contribution in [0.15, 0.2) is 109 Å². The summed E-state index contributed by atoms with van der Waals surface area (Å²) >= 11 is 0. The number of rotatable bonds is 81. The third-order valence-electron chi connectivity index (χ3n) is 18.2. The van der Waals surface area contributed by atoms with E-state index in [4.69, 9.17) is 37.0 Å². The number of ether oxygens (including phenoxy) is 4. The summed E-state index contributed by atoms with van der Waals surface area (Å²) in [6.45, 7) is 4.73. The molecule has 0 aromatic rings. The number of aliphatic hydroxyl groups excluding tert-OH is 1. The van der Waals surface area contributed by atoms with E-state index in [0.29, 0.717) is 25.7 Å². The van der Waals surface area contributed by atoms with Crippen LogP contribution in [-0.2, 0) is 65.4 Å². The first kappa shape index (κ1) is 104. The molecular weight excluding hydrogens is 1400 g/mol. The molecule has 0 fully saturated rings. The fourth-order valence-corrected chi connectivity index (χ4v) is 13.2. The van der Waals surface area contributed by atoms with Crippen LogP contribution in [0.5, 0.6) is 0 Å². The van der Waals surface area contributed by atoms with Crippen LogP contribution in [0.1, 0.15) is 374 Å². The normalized spacial score (nSPS) is 14.3. The number of hydrogen-bond acceptors (Lipinski definition) is 15. The Hall–Kier alpha value is -4.28. The van der Waals surface area contributed by atoms with Gasteiger partial charge < -0.3 is 33.8 Å². The largest absolute Gasteiger partial charge is 0.472 e. The highest BCUT2D eigenvalue weighted by Crippen LogP contribution is 2.45. The van der Waals surface area contributed by atoms with Crippen molar-refractivity contribution < 1.29 is 80.2 Å². The Morgan fingerprint density at radius 3 is 0.759 bits per heavy atom. The lowest BCUT2D eigenvalue weighted by Crippen LogP contribution is -2.30. The van der Waals surface area contributed by atoms with Gasteiger partial charge in [-0.25, -0.2) is 9.13 Å². The molecule has 0 aliphatic rings. The third kappa shape index (κ3) is 79.8. The smallest absolute Gasteiger partial charge is 0.462 e. The molecule has 108 heavy (non-hydrogen) atoms. The average molecular weight is 1560 g/mol. The van der Waals surface area contributed by atoms with Crippen molar-refractivity contribution in [3.05, 3.63) is 109 Å². The number of hydrogen-bond donors (Lipinski definition) is 3. The first-order valence-electron chi connectivity index (χ1n) is 43.1. The highest BCUT2D eigenvalue weighted by atomic mass is 31.2. The Morgan fingerprint density at radius 1 is 0.269 bits per heavy atom. The van der Waals surface area contributed by atoms with E-state index in [1.54, 1.807) is 0 Å². The lowest BCUT2D eigenvalue weighted by molar-refractivity contribution is -0.161. The van der Waals surface area contributed by atoms with Gasteiger partial charge in [0, 0.05) is 25.7 Å². The van der Waals surface area contributed by atoms with Gasteiger partial charge >= 0.3 is 39.5 Å². The van der Waals surface area contributed by atoms with Crippen LogP contribution in [-0.4, -0.2) is 96.7 Å². The Morgan fingerprint density at radius 2 is 0.481 bits per heavy atom. The van der Waals surface area contributed by atoms with Gasteiger partial charge in [0.1, 0.15) is 19.3 Å². The molecule has 0 aromatic carbocycles. The van der Waals surface area contributed by atoms with Gasteiger partial charge in [-0.1, -0.05) is 323 Å². The van der Waals surface area contributed by atoms with E-state index in [1.807, 2.05) is 0 Å². The summed E-state index contributed by atoms with van der Waals surface area (Å²) < 4.78 is 68.8. The molecular formula is C89H156O17P2. The molecule has 3 N–H and O–H groups in total. The van der Waals surface area contributed by atoms with Gasteiger partial charge in [0.05, 0.1) is 26.4 Å². The first-order chi connectivity index (χ1) is 52.7. The van der Waals surface area contributed by atoms with Crippen LogP contribution >= 0.6 is 15.6 Å². The fourth-order valence-electron chi connectivity index (χ4n) is 11.7. The van der Waals surface area contributed by atoms with Gasteiger partial charge in [0.25, 0.3) is 0 Å². The second-order valence-electron chi connectivity index (χ2n) is 28.7. The van der Waals surface area contributed by atoms with E-state index in [1.165, 1.54) is 103 Å². The standard InChI is InChI=1S/C89H156O17P2/c1-5-9-13-17-21-25-29-33-37-39-41-43-47-49-53-57-61-65-69-73-86(91)99-79-84(105-88(93)75-71-67-63-59-55-51-45-35-31-27-23-19-15-11-7-3)81-103-107(95,96)101-77-83(90)78-102-108(97,98)104-82-85(106-89(94)76-72-68-64-60-56-52-46-36-32-28-24-20-16-12-8-4)80-100-87(92)74-70-66-62-58-54-50-48-44-42-40-38-34-30-26-22-18-14-10-6-2/h11,15,21-23,25-27,33-35,37-38,41-45,83-85,90H,5-10,12-14,16-20,24,28-32,36,39-40,46-82H2,1-4H3,(H,95,96)(H,97,98)/b15-11-,25-21-,26-22-,27-23-,37-33-,38-34-,43-41-,44-42-,45-35-. The van der Waals surface area contributed by atoms with Crippen LogP contribution in [0, 0.1) is 0 Å². The summed E-state index contributed by atoms with van der Waals surface area (Å²) in [5, 5.41) is 10.7. The predicted molar refractivity (Wildman–Crippen MR) is 445 cm³/mol. The van der Waals surface area contributed by atoms with Crippen LogP contribution < -0.4 is 0 Å². The highest BCUT2D eigenvalue weighted by Gasteiger charge is 2.30. The molecule has 0 heterocycles. The summed E-state index contributed by atoms with van der Waals surface area (Å²) in [5.41, 5.74) is 0. The highest BCUT2D eigenvalue weighted by molar-refractivity contribution is 7.47. The van der Waals surface area contributed by atoms with Gasteiger partial charge in [-0.3, -0.25) is 37.3 Å². The van der Waals surface area contributed by atoms with E-state index in [0.717, 1.165) is 193 Å². The molecule has 0 saturated heterocycles. The average Bonchev–Trinajstić information content (AvgIpc) is 0.907. The van der Waals surface area contributed by atoms with E-state index < -0.39 is 97.5 Å². The van der Waals surface area contributed by atoms with Crippen molar-refractivity contribution in [2.75, 3.05) is 39.6 Å². The van der Waals surface area contributed by atoms with Crippen LogP contribution in [0.2, 0.25) is 0 Å². The Labute approximate surface area is 658 Å². The Bertz CT molecular complexity index is 2470.